The second kappa shape index (κ2) is 7.94. The topological polar surface area (TPSA) is 76.0 Å². The molecule has 2 N–H and O–H groups in total. The minimum atomic E-state index is -4.55. The molecule has 1 aliphatic carbocycles. The molecule has 28 heavy (non-hydrogen) atoms. The minimum absolute atomic E-state index is 0.0153. The monoisotopic (exact) mass is 458 g/mol. The summed E-state index contributed by atoms with van der Waals surface area (Å²) in [4.78, 5) is 23.2. The van der Waals surface area contributed by atoms with E-state index in [0.29, 0.717) is 17.1 Å². The third kappa shape index (κ3) is 4.92. The van der Waals surface area contributed by atoms with Gasteiger partial charge in [-0.1, -0.05) is 0 Å². The van der Waals surface area contributed by atoms with Gasteiger partial charge in [0.25, 0.3) is 0 Å². The van der Waals surface area contributed by atoms with Crippen LogP contribution >= 0.6 is 15.9 Å². The number of aromatic nitrogens is 2. The fraction of sp³-hybridized carbons (Fsp3) is 0.389. The Hall–Kier alpha value is -2.36. The fourth-order valence-electron chi connectivity index (χ4n) is 2.82. The van der Waals surface area contributed by atoms with Gasteiger partial charge in [-0.05, 0) is 53.0 Å². The zero-order chi connectivity index (χ0) is 20.5. The van der Waals surface area contributed by atoms with Gasteiger partial charge in [-0.3, -0.25) is 14.3 Å². The third-order valence-corrected chi connectivity index (χ3v) is 4.99. The first-order valence-electron chi connectivity index (χ1n) is 8.66. The minimum Gasteiger partial charge on any atom is -0.326 e. The summed E-state index contributed by atoms with van der Waals surface area (Å²) in [5, 5.41) is 8.98. The molecule has 0 atom stereocenters. The molecule has 0 aliphatic heterocycles. The predicted molar refractivity (Wildman–Crippen MR) is 101 cm³/mol. The lowest BCUT2D eigenvalue weighted by Crippen LogP contribution is -2.16. The van der Waals surface area contributed by atoms with Crippen LogP contribution in [-0.4, -0.2) is 21.6 Å². The van der Waals surface area contributed by atoms with Gasteiger partial charge in [-0.25, -0.2) is 0 Å². The highest BCUT2D eigenvalue weighted by molar-refractivity contribution is 9.10. The third-order valence-electron chi connectivity index (χ3n) is 4.20. The molecule has 1 heterocycles. The lowest BCUT2D eigenvalue weighted by molar-refractivity contribution is -0.142. The molecule has 1 saturated carbocycles. The summed E-state index contributed by atoms with van der Waals surface area (Å²) in [5.41, 5.74) is 0.669. The van der Waals surface area contributed by atoms with E-state index >= 15 is 0 Å². The van der Waals surface area contributed by atoms with Crippen LogP contribution in [0.4, 0.5) is 24.5 Å². The molecule has 0 bridgehead atoms. The lowest BCUT2D eigenvalue weighted by Gasteiger charge is -2.09. The van der Waals surface area contributed by atoms with Crippen LogP contribution < -0.4 is 10.6 Å². The smallest absolute Gasteiger partial charge is 0.326 e. The summed E-state index contributed by atoms with van der Waals surface area (Å²) in [6.45, 7) is 1.44. The number of hydrogen-bond donors (Lipinski definition) is 2. The second-order valence-corrected chi connectivity index (χ2v) is 7.39. The van der Waals surface area contributed by atoms with Crippen molar-refractivity contribution in [2.24, 2.45) is 0 Å². The number of nitrogens with zero attached hydrogens (tertiary/aromatic N) is 2. The molecule has 1 aromatic heterocycles. The zero-order valence-corrected chi connectivity index (χ0v) is 16.5. The average Bonchev–Trinajstić information content (AvgIpc) is 3.36. The molecule has 0 saturated heterocycles. The van der Waals surface area contributed by atoms with Crippen LogP contribution in [0.3, 0.4) is 0 Å². The second-order valence-electron chi connectivity index (χ2n) is 6.60. The lowest BCUT2D eigenvalue weighted by atomic mass is 10.2. The number of halogens is 4. The van der Waals surface area contributed by atoms with Crippen molar-refractivity contribution in [3.63, 3.8) is 0 Å². The fourth-order valence-corrected chi connectivity index (χ4v) is 3.66. The van der Waals surface area contributed by atoms with Crippen molar-refractivity contribution in [1.29, 1.82) is 0 Å². The number of alkyl halides is 3. The largest absolute Gasteiger partial charge is 0.436 e. The van der Waals surface area contributed by atoms with Crippen LogP contribution in [0.15, 0.2) is 28.7 Å². The van der Waals surface area contributed by atoms with Crippen LogP contribution in [0.5, 0.6) is 0 Å². The maximum Gasteiger partial charge on any atom is 0.436 e. The van der Waals surface area contributed by atoms with E-state index in [0.717, 1.165) is 12.8 Å². The first-order valence-corrected chi connectivity index (χ1v) is 9.45. The number of anilines is 2. The number of nitrogens with one attached hydrogen (secondary N) is 2. The Balaban J connectivity index is 1.64. The summed E-state index contributed by atoms with van der Waals surface area (Å²) in [7, 11) is 0. The van der Waals surface area contributed by atoms with E-state index in [1.165, 1.54) is 11.6 Å². The summed E-state index contributed by atoms with van der Waals surface area (Å²) < 4.78 is 40.6. The summed E-state index contributed by atoms with van der Waals surface area (Å²) in [6, 6.07) is 6.54. The van der Waals surface area contributed by atoms with Gasteiger partial charge in [0.05, 0.1) is 16.7 Å². The highest BCUT2D eigenvalue weighted by atomic mass is 79.9. The maximum atomic E-state index is 13.1. The molecule has 0 unspecified atom stereocenters. The number of aryl methyl sites for hydroxylation is 1. The van der Waals surface area contributed by atoms with Gasteiger partial charge in [0, 0.05) is 30.6 Å². The average molecular weight is 459 g/mol. The van der Waals surface area contributed by atoms with E-state index in [4.69, 9.17) is 0 Å². The van der Waals surface area contributed by atoms with Crippen LogP contribution in [0.2, 0.25) is 0 Å². The highest BCUT2D eigenvalue weighted by Crippen LogP contribution is 2.47. The number of carbonyl (C=O) groups is 2. The molecule has 10 heteroatoms. The van der Waals surface area contributed by atoms with E-state index in [2.05, 4.69) is 31.7 Å². The molecule has 1 aliphatic rings. The predicted octanol–water partition coefficient (Wildman–Crippen LogP) is 4.53. The molecule has 1 fully saturated rings. The number of rotatable bonds is 6. The zero-order valence-electron chi connectivity index (χ0n) is 14.9. The van der Waals surface area contributed by atoms with Gasteiger partial charge in [0.2, 0.25) is 11.8 Å². The van der Waals surface area contributed by atoms with Crippen molar-refractivity contribution >= 4 is 39.1 Å². The van der Waals surface area contributed by atoms with E-state index in [1.807, 2.05) is 0 Å². The van der Waals surface area contributed by atoms with Crippen molar-refractivity contribution < 1.29 is 22.8 Å². The van der Waals surface area contributed by atoms with E-state index < -0.39 is 11.9 Å². The summed E-state index contributed by atoms with van der Waals surface area (Å²) in [5.74, 6) is -0.497. The van der Waals surface area contributed by atoms with Crippen LogP contribution in [-0.2, 0) is 22.3 Å². The molecule has 3 rings (SSSR count). The van der Waals surface area contributed by atoms with E-state index in [9.17, 15) is 22.8 Å². The van der Waals surface area contributed by atoms with Gasteiger partial charge in [0.1, 0.15) is 0 Å². The molecular formula is C18H18BrF3N4O2. The number of benzene rings is 1. The molecule has 2 amide bonds. The van der Waals surface area contributed by atoms with E-state index in [1.54, 1.807) is 24.3 Å². The number of amides is 2. The van der Waals surface area contributed by atoms with Crippen molar-refractivity contribution in [2.75, 3.05) is 10.6 Å². The van der Waals surface area contributed by atoms with Gasteiger partial charge in [-0.15, -0.1) is 0 Å². The first kappa shape index (κ1) is 20.4. The Morgan fingerprint density at radius 1 is 1.18 bits per heavy atom. The first-order chi connectivity index (χ1) is 13.1. The Labute approximate surface area is 167 Å². The molecule has 2 aromatic rings. The summed E-state index contributed by atoms with van der Waals surface area (Å²) in [6.07, 6.45) is -2.94. The van der Waals surface area contributed by atoms with Crippen molar-refractivity contribution in [3.8, 4) is 0 Å². The van der Waals surface area contributed by atoms with Gasteiger partial charge >= 0.3 is 6.18 Å². The number of carbonyl (C=O) groups excluding carboxylic acids is 2. The van der Waals surface area contributed by atoms with Crippen molar-refractivity contribution in [1.82, 2.24) is 9.78 Å². The van der Waals surface area contributed by atoms with E-state index in [-0.39, 0.29) is 35.2 Å². The molecule has 0 radical (unpaired) electrons. The number of hydrogen-bond acceptors (Lipinski definition) is 3. The molecular weight excluding hydrogens is 441 g/mol. The Bertz CT molecular complexity index is 889. The summed E-state index contributed by atoms with van der Waals surface area (Å²) >= 11 is 3.03. The Morgan fingerprint density at radius 3 is 2.25 bits per heavy atom. The normalized spacial score (nSPS) is 14.0. The van der Waals surface area contributed by atoms with Crippen LogP contribution in [0, 0.1) is 0 Å². The standard InChI is InChI=1S/C18H18BrF3N4O2/c1-10(27)23-12-4-6-13(7-5-12)24-14(28)8-9-26-16(11-2-3-11)15(19)17(25-26)18(20,21)22/h4-7,11H,2-3,8-9H2,1H3,(H,23,27)(H,24,28). The maximum absolute atomic E-state index is 13.1. The SMILES string of the molecule is CC(=O)Nc1ccc(NC(=O)CCn2nc(C(F)(F)F)c(Br)c2C2CC2)cc1. The highest BCUT2D eigenvalue weighted by Gasteiger charge is 2.41. The van der Waals surface area contributed by atoms with Gasteiger partial charge < -0.3 is 10.6 Å². The van der Waals surface area contributed by atoms with Crippen LogP contribution in [0.25, 0.3) is 0 Å². The van der Waals surface area contributed by atoms with Crippen molar-refractivity contribution in [2.45, 2.75) is 44.8 Å². The van der Waals surface area contributed by atoms with Crippen molar-refractivity contribution in [3.05, 3.63) is 40.1 Å². The molecule has 150 valence electrons. The molecule has 6 nitrogen and oxygen atoms in total. The van der Waals surface area contributed by atoms with Crippen LogP contribution in [0.1, 0.15) is 43.5 Å². The van der Waals surface area contributed by atoms with Gasteiger partial charge in [0.15, 0.2) is 5.69 Å². The Morgan fingerprint density at radius 2 is 1.75 bits per heavy atom. The quantitative estimate of drug-likeness (QED) is 0.667. The Kier molecular flexibility index (Phi) is 5.78. The van der Waals surface area contributed by atoms with Gasteiger partial charge in [-0.2, -0.15) is 18.3 Å². The molecule has 0 spiro atoms. The molecule has 1 aromatic carbocycles.